The van der Waals surface area contributed by atoms with Crippen molar-refractivity contribution in [1.29, 1.82) is 0 Å². The van der Waals surface area contributed by atoms with Crippen molar-refractivity contribution in [1.82, 2.24) is 0 Å². The third-order valence-corrected chi connectivity index (χ3v) is 6.23. The maximum absolute atomic E-state index is 14.8. The molecule has 0 spiro atoms. The van der Waals surface area contributed by atoms with E-state index in [1.165, 1.54) is 12.8 Å². The fourth-order valence-electron chi connectivity index (χ4n) is 4.48. The second-order valence-corrected chi connectivity index (χ2v) is 8.95. The van der Waals surface area contributed by atoms with Crippen LogP contribution in [-0.2, 0) is 0 Å². The summed E-state index contributed by atoms with van der Waals surface area (Å²) in [4.78, 5) is 0. The number of alkyl halides is 1. The van der Waals surface area contributed by atoms with Gasteiger partial charge >= 0.3 is 0 Å². The van der Waals surface area contributed by atoms with Crippen molar-refractivity contribution >= 4 is 0 Å². The van der Waals surface area contributed by atoms with Crippen molar-refractivity contribution in [2.75, 3.05) is 0 Å². The molecule has 140 valence electrons. The van der Waals surface area contributed by atoms with E-state index in [4.69, 9.17) is 0 Å². The van der Waals surface area contributed by atoms with Crippen molar-refractivity contribution in [3.63, 3.8) is 0 Å². The van der Waals surface area contributed by atoms with Crippen LogP contribution >= 0.6 is 0 Å². The molecule has 23 heavy (non-hydrogen) atoms. The lowest BCUT2D eigenvalue weighted by molar-refractivity contribution is 0.105. The highest BCUT2D eigenvalue weighted by molar-refractivity contribution is 4.80. The lowest BCUT2D eigenvalue weighted by atomic mass is 9.71. The molecule has 0 aromatic carbocycles. The van der Waals surface area contributed by atoms with E-state index < -0.39 is 6.17 Å². The van der Waals surface area contributed by atoms with Gasteiger partial charge in [0.05, 0.1) is 0 Å². The van der Waals surface area contributed by atoms with Gasteiger partial charge in [-0.3, -0.25) is 0 Å². The molecule has 0 rings (SSSR count). The summed E-state index contributed by atoms with van der Waals surface area (Å²) in [5.74, 6) is 3.92. The van der Waals surface area contributed by atoms with Crippen molar-refractivity contribution in [3.05, 3.63) is 0 Å². The van der Waals surface area contributed by atoms with E-state index in [-0.39, 0.29) is 11.8 Å². The molecule has 0 saturated carbocycles. The van der Waals surface area contributed by atoms with Gasteiger partial charge in [-0.05, 0) is 54.3 Å². The van der Waals surface area contributed by atoms with Crippen LogP contribution in [0.4, 0.5) is 4.39 Å². The Hall–Kier alpha value is -0.0700. The first-order valence-electron chi connectivity index (χ1n) is 10.3. The Labute approximate surface area is 147 Å². The van der Waals surface area contributed by atoms with Crippen molar-refractivity contribution < 1.29 is 4.39 Å². The zero-order chi connectivity index (χ0) is 18.2. The van der Waals surface area contributed by atoms with Crippen LogP contribution in [0.3, 0.4) is 0 Å². The number of hydrogen-bond acceptors (Lipinski definition) is 0. The highest BCUT2D eigenvalue weighted by Crippen LogP contribution is 2.37. The average Bonchev–Trinajstić information content (AvgIpc) is 2.49. The predicted octanol–water partition coefficient (Wildman–Crippen LogP) is 7.77. The van der Waals surface area contributed by atoms with Crippen LogP contribution in [0.1, 0.15) is 94.4 Å². The fraction of sp³-hybridized carbons (Fsp3) is 1.00. The zero-order valence-corrected chi connectivity index (χ0v) is 17.5. The first-order valence-corrected chi connectivity index (χ1v) is 10.3. The van der Waals surface area contributed by atoms with Crippen LogP contribution in [0.5, 0.6) is 0 Å². The Balaban J connectivity index is 4.65. The molecule has 0 saturated heterocycles. The Morgan fingerprint density at radius 3 is 1.70 bits per heavy atom. The van der Waals surface area contributed by atoms with E-state index in [9.17, 15) is 4.39 Å². The molecule has 0 bridgehead atoms. The Morgan fingerprint density at radius 2 is 1.30 bits per heavy atom. The summed E-state index contributed by atoms with van der Waals surface area (Å²) in [7, 11) is 0. The van der Waals surface area contributed by atoms with E-state index in [2.05, 4.69) is 62.3 Å². The lowest BCUT2D eigenvalue weighted by Gasteiger charge is -2.35. The molecule has 0 aromatic heterocycles. The molecule has 0 aliphatic carbocycles. The van der Waals surface area contributed by atoms with Crippen LogP contribution in [0, 0.1) is 41.4 Å². The van der Waals surface area contributed by atoms with Crippen LogP contribution in [0.15, 0.2) is 0 Å². The van der Waals surface area contributed by atoms with E-state index in [0.717, 1.165) is 31.1 Å². The minimum absolute atomic E-state index is 0.189. The second-order valence-electron chi connectivity index (χ2n) is 8.95. The van der Waals surface area contributed by atoms with Gasteiger partial charge < -0.3 is 0 Å². The minimum atomic E-state index is -0.644. The SMILES string of the molecule is CCC(CC(C)C(F)C(C)CCC(C)C)C(C)C(CC)C(C)C. The van der Waals surface area contributed by atoms with Crippen LogP contribution in [0.2, 0.25) is 0 Å². The summed E-state index contributed by atoms with van der Waals surface area (Å²) in [6.07, 6.45) is 5.00. The molecular weight excluding hydrogens is 283 g/mol. The van der Waals surface area contributed by atoms with E-state index >= 15 is 0 Å². The van der Waals surface area contributed by atoms with Gasteiger partial charge in [-0.2, -0.15) is 0 Å². The molecule has 0 radical (unpaired) electrons. The quantitative estimate of drug-likeness (QED) is 0.343. The van der Waals surface area contributed by atoms with Gasteiger partial charge in [0.1, 0.15) is 6.17 Å². The molecule has 0 aliphatic rings. The number of rotatable bonds is 12. The molecule has 0 amide bonds. The summed E-state index contributed by atoms with van der Waals surface area (Å²) in [5.41, 5.74) is 0. The minimum Gasteiger partial charge on any atom is -0.247 e. The summed E-state index contributed by atoms with van der Waals surface area (Å²) in [6, 6.07) is 0. The van der Waals surface area contributed by atoms with Gasteiger partial charge in [0.15, 0.2) is 0 Å². The number of halogens is 1. The molecule has 0 aliphatic heterocycles. The van der Waals surface area contributed by atoms with Crippen LogP contribution in [-0.4, -0.2) is 6.17 Å². The van der Waals surface area contributed by atoms with E-state index in [0.29, 0.717) is 17.8 Å². The first kappa shape index (κ1) is 22.9. The van der Waals surface area contributed by atoms with Crippen LogP contribution < -0.4 is 0 Å². The standard InChI is InChI=1S/C22H45F/c1-10-20(19(9)21(11-2)16(5)6)14-18(8)22(23)17(7)13-12-15(3)4/h15-22H,10-14H2,1-9H3. The molecule has 0 fully saturated rings. The largest absolute Gasteiger partial charge is 0.247 e. The molecule has 0 heterocycles. The first-order chi connectivity index (χ1) is 10.6. The Kier molecular flexibility index (Phi) is 11.4. The normalized spacial score (nSPS) is 20.3. The highest BCUT2D eigenvalue weighted by Gasteiger charge is 2.30. The van der Waals surface area contributed by atoms with Gasteiger partial charge in [-0.1, -0.05) is 81.6 Å². The molecule has 6 unspecified atom stereocenters. The average molecular weight is 329 g/mol. The summed E-state index contributed by atoms with van der Waals surface area (Å²) >= 11 is 0. The highest BCUT2D eigenvalue weighted by atomic mass is 19.1. The smallest absolute Gasteiger partial charge is 0.105 e. The Bertz CT molecular complexity index is 284. The van der Waals surface area contributed by atoms with E-state index in [1.54, 1.807) is 0 Å². The summed E-state index contributed by atoms with van der Waals surface area (Å²) < 4.78 is 14.8. The van der Waals surface area contributed by atoms with E-state index in [1.807, 2.05) is 0 Å². The van der Waals surface area contributed by atoms with Gasteiger partial charge in [-0.15, -0.1) is 0 Å². The van der Waals surface area contributed by atoms with Crippen LogP contribution in [0.25, 0.3) is 0 Å². The summed E-state index contributed by atoms with van der Waals surface area (Å²) in [6.45, 7) is 20.4. The zero-order valence-electron chi connectivity index (χ0n) is 17.5. The van der Waals surface area contributed by atoms with Gasteiger partial charge in [0.2, 0.25) is 0 Å². The topological polar surface area (TPSA) is 0 Å². The third kappa shape index (κ3) is 8.03. The van der Waals surface area contributed by atoms with Crippen molar-refractivity contribution in [3.8, 4) is 0 Å². The third-order valence-electron chi connectivity index (χ3n) is 6.23. The molecule has 0 aromatic rings. The molecule has 0 nitrogen and oxygen atoms in total. The number of hydrogen-bond donors (Lipinski definition) is 0. The molecule has 1 heteroatoms. The maximum atomic E-state index is 14.8. The summed E-state index contributed by atoms with van der Waals surface area (Å²) in [5, 5.41) is 0. The fourth-order valence-corrected chi connectivity index (χ4v) is 4.48. The van der Waals surface area contributed by atoms with Gasteiger partial charge in [-0.25, -0.2) is 4.39 Å². The van der Waals surface area contributed by atoms with Crippen molar-refractivity contribution in [2.24, 2.45) is 41.4 Å². The van der Waals surface area contributed by atoms with Gasteiger partial charge in [0, 0.05) is 0 Å². The molecule has 0 N–H and O–H groups in total. The van der Waals surface area contributed by atoms with Gasteiger partial charge in [0.25, 0.3) is 0 Å². The monoisotopic (exact) mass is 328 g/mol. The van der Waals surface area contributed by atoms with Crippen molar-refractivity contribution in [2.45, 2.75) is 101 Å². The second kappa shape index (κ2) is 11.5. The Morgan fingerprint density at radius 1 is 0.739 bits per heavy atom. The predicted molar refractivity (Wildman–Crippen MR) is 103 cm³/mol. The molecular formula is C22H45F. The maximum Gasteiger partial charge on any atom is 0.105 e. The lowest BCUT2D eigenvalue weighted by Crippen LogP contribution is -2.29. The molecule has 6 atom stereocenters.